The predicted octanol–water partition coefficient (Wildman–Crippen LogP) is 9.94. The van der Waals surface area contributed by atoms with Crippen molar-refractivity contribution in [3.05, 3.63) is 50.7 Å². The van der Waals surface area contributed by atoms with Crippen LogP contribution in [0.25, 0.3) is 25.6 Å². The second kappa shape index (κ2) is 16.7. The number of aryl methyl sites for hydroxylation is 1. The van der Waals surface area contributed by atoms with Crippen LogP contribution in [0.4, 0.5) is 0 Å². The maximum atomic E-state index is 12.5. The van der Waals surface area contributed by atoms with E-state index in [1.807, 2.05) is 13.0 Å². The van der Waals surface area contributed by atoms with Gasteiger partial charge in [-0.15, -0.1) is 40.4 Å². The van der Waals surface area contributed by atoms with Crippen LogP contribution in [0.5, 0.6) is 0 Å². The Morgan fingerprint density at radius 2 is 1.61 bits per heavy atom. The number of carbonyl (C=O) groups excluding carboxylic acids is 1. The number of esters is 1. The second-order valence-electron chi connectivity index (χ2n) is 10.00. The van der Waals surface area contributed by atoms with Crippen LogP contribution in [0.15, 0.2) is 29.8 Å². The number of unbranched alkanes of at least 4 members (excludes halogenated alkanes) is 5. The molecule has 0 fully saturated rings. The highest BCUT2D eigenvalue weighted by molar-refractivity contribution is 7.26. The van der Waals surface area contributed by atoms with Crippen LogP contribution in [0.2, 0.25) is 0 Å². The third-order valence-corrected chi connectivity index (χ3v) is 10.3. The predicted molar refractivity (Wildman–Crippen MR) is 179 cm³/mol. The van der Waals surface area contributed by atoms with Gasteiger partial charge >= 0.3 is 5.97 Å². The first kappa shape index (κ1) is 32.1. The molecule has 3 aromatic heterocycles. The quantitative estimate of drug-likeness (QED) is 0.0900. The van der Waals surface area contributed by atoms with E-state index in [0.29, 0.717) is 18.1 Å². The van der Waals surface area contributed by atoms with Crippen LogP contribution >= 0.6 is 34.0 Å². The number of carbonyl (C=O) groups is 1. The van der Waals surface area contributed by atoms with Gasteiger partial charge < -0.3 is 4.74 Å². The van der Waals surface area contributed by atoms with E-state index in [1.165, 1.54) is 50.8 Å². The Bertz CT molecular complexity index is 1600. The van der Waals surface area contributed by atoms with Gasteiger partial charge in [0.05, 0.1) is 11.5 Å². The molecule has 3 heterocycles. The highest BCUT2D eigenvalue weighted by Gasteiger charge is 2.16. The molecule has 0 aliphatic rings. The van der Waals surface area contributed by atoms with Gasteiger partial charge in [-0.05, 0) is 97.6 Å². The van der Waals surface area contributed by atoms with Crippen LogP contribution in [0.1, 0.15) is 93.0 Å². The number of hydrogen-bond donors (Lipinski definition) is 0. The van der Waals surface area contributed by atoms with Crippen molar-refractivity contribution >= 4 is 46.1 Å². The fraction of sp³-hybridized carbons (Fsp3) is 0.361. The zero-order chi connectivity index (χ0) is 29.6. The van der Waals surface area contributed by atoms with Crippen LogP contribution in [-0.4, -0.2) is 12.6 Å². The van der Waals surface area contributed by atoms with E-state index >= 15 is 0 Å². The molecule has 0 amide bonds. The van der Waals surface area contributed by atoms with Crippen molar-refractivity contribution in [2.45, 2.75) is 79.1 Å². The Labute approximate surface area is 258 Å². The molecule has 0 atom stereocenters. The summed E-state index contributed by atoms with van der Waals surface area (Å²) in [5, 5.41) is 0. The van der Waals surface area contributed by atoms with Crippen molar-refractivity contribution < 1.29 is 9.53 Å². The van der Waals surface area contributed by atoms with Gasteiger partial charge in [-0.3, -0.25) is 0 Å². The van der Waals surface area contributed by atoms with Crippen LogP contribution in [-0.2, 0) is 9.53 Å². The lowest BCUT2D eigenvalue weighted by Gasteiger charge is -2.05. The molecule has 41 heavy (non-hydrogen) atoms. The molecule has 3 aromatic rings. The third-order valence-electron chi connectivity index (χ3n) is 6.24. The van der Waals surface area contributed by atoms with E-state index < -0.39 is 0 Å². The molecular weight excluding hydrogens is 561 g/mol. The Morgan fingerprint density at radius 1 is 0.927 bits per heavy atom. The van der Waals surface area contributed by atoms with Crippen molar-refractivity contribution in [1.29, 1.82) is 0 Å². The number of hydrogen-bond acceptors (Lipinski definition) is 5. The number of rotatable bonds is 12. The minimum absolute atomic E-state index is 0.232. The molecular formula is C36H36O2S3. The molecule has 3 rings (SSSR count). The van der Waals surface area contributed by atoms with Gasteiger partial charge in [0.25, 0.3) is 0 Å². The van der Waals surface area contributed by atoms with E-state index in [4.69, 9.17) is 11.2 Å². The van der Waals surface area contributed by atoms with E-state index in [1.54, 1.807) is 34.0 Å². The standard InChI is InChI=1S/C36H36O2S3/c1-7-9-11-13-15-17-19-29-25-33(26(3)4)41-35(29)32-21-20-31(40-32)34-27(5)23-30(39-34)24-28(6)36(37)38-22-18-16-14-12-10-8-2/h1,20-21,23-26H,8,10,12,14,16,18,22H2,2-6H3/b28-24-. The summed E-state index contributed by atoms with van der Waals surface area (Å²) in [6.45, 7) is 11.0. The smallest absolute Gasteiger partial charge is 0.333 e. The zero-order valence-corrected chi connectivity index (χ0v) is 27.0. The first-order valence-electron chi connectivity index (χ1n) is 14.0. The molecule has 0 aliphatic heterocycles. The van der Waals surface area contributed by atoms with E-state index in [0.717, 1.165) is 28.2 Å². The molecule has 0 aromatic carbocycles. The van der Waals surface area contributed by atoms with E-state index in [2.05, 4.69) is 93.4 Å². The summed E-state index contributed by atoms with van der Waals surface area (Å²) < 4.78 is 5.51. The zero-order valence-electron chi connectivity index (χ0n) is 24.5. The van der Waals surface area contributed by atoms with Gasteiger partial charge in [0.1, 0.15) is 0 Å². The van der Waals surface area contributed by atoms with Crippen LogP contribution in [0.3, 0.4) is 0 Å². The topological polar surface area (TPSA) is 26.3 Å². The maximum absolute atomic E-state index is 12.5. The molecule has 0 radical (unpaired) electrons. The van der Waals surface area contributed by atoms with Gasteiger partial charge in [0, 0.05) is 35.5 Å². The first-order valence-corrected chi connectivity index (χ1v) is 16.5. The Balaban J connectivity index is 1.74. The van der Waals surface area contributed by atoms with Gasteiger partial charge in [0.15, 0.2) is 0 Å². The molecule has 0 bridgehead atoms. The van der Waals surface area contributed by atoms with Crippen LogP contribution < -0.4 is 0 Å². The molecule has 0 N–H and O–H groups in total. The molecule has 0 saturated carbocycles. The number of ether oxygens (including phenoxy) is 1. The molecule has 0 unspecified atom stereocenters. The summed E-state index contributed by atoms with van der Waals surface area (Å²) in [4.78, 5) is 19.6. The fourth-order valence-corrected chi connectivity index (χ4v) is 7.63. The Hall–Kier alpha value is -3.45. The summed E-state index contributed by atoms with van der Waals surface area (Å²) in [6, 6.07) is 8.66. The molecule has 0 saturated heterocycles. The lowest BCUT2D eigenvalue weighted by Crippen LogP contribution is -2.06. The summed E-state index contributed by atoms with van der Waals surface area (Å²) in [6.07, 6.45) is 14.1. The van der Waals surface area contributed by atoms with Gasteiger partial charge in [0.2, 0.25) is 0 Å². The number of thiophene rings is 3. The van der Waals surface area contributed by atoms with Crippen molar-refractivity contribution in [3.8, 4) is 67.4 Å². The minimum Gasteiger partial charge on any atom is -0.462 e. The Kier molecular flexibility index (Phi) is 13.1. The monoisotopic (exact) mass is 596 g/mol. The maximum Gasteiger partial charge on any atom is 0.333 e. The average molecular weight is 597 g/mol. The normalized spacial score (nSPS) is 10.6. The van der Waals surface area contributed by atoms with E-state index in [-0.39, 0.29) is 5.97 Å². The number of terminal acetylenes is 1. The van der Waals surface area contributed by atoms with E-state index in [9.17, 15) is 4.79 Å². The first-order chi connectivity index (χ1) is 19.8. The van der Waals surface area contributed by atoms with Crippen molar-refractivity contribution in [1.82, 2.24) is 0 Å². The summed E-state index contributed by atoms with van der Waals surface area (Å²) >= 11 is 5.25. The molecule has 0 spiro atoms. The minimum atomic E-state index is -0.232. The largest absolute Gasteiger partial charge is 0.462 e. The molecule has 0 aliphatic carbocycles. The van der Waals surface area contributed by atoms with Gasteiger partial charge in [-0.1, -0.05) is 58.8 Å². The molecule has 210 valence electrons. The SMILES string of the molecule is C#CC#CC#CC#Cc1cc(C(C)C)sc1-c1ccc(-c2sc(/C=C(/C)C(=O)OCCCCCCCC)cc2C)s1. The highest BCUT2D eigenvalue weighted by Crippen LogP contribution is 2.44. The highest BCUT2D eigenvalue weighted by atomic mass is 32.1. The average Bonchev–Trinajstić information content (AvgIpc) is 3.68. The van der Waals surface area contributed by atoms with Crippen molar-refractivity contribution in [2.24, 2.45) is 0 Å². The van der Waals surface area contributed by atoms with Crippen LogP contribution in [0, 0.1) is 54.8 Å². The van der Waals surface area contributed by atoms with Gasteiger partial charge in [-0.2, -0.15) is 0 Å². The molecule has 2 nitrogen and oxygen atoms in total. The summed E-state index contributed by atoms with van der Waals surface area (Å²) in [5.74, 6) is 19.0. The van der Waals surface area contributed by atoms with Crippen molar-refractivity contribution in [3.63, 3.8) is 0 Å². The fourth-order valence-electron chi connectivity index (χ4n) is 4.04. The summed E-state index contributed by atoms with van der Waals surface area (Å²) in [5.41, 5.74) is 2.81. The van der Waals surface area contributed by atoms with Crippen molar-refractivity contribution in [2.75, 3.05) is 6.61 Å². The van der Waals surface area contributed by atoms with Gasteiger partial charge in [-0.25, -0.2) is 4.79 Å². The summed E-state index contributed by atoms with van der Waals surface area (Å²) in [7, 11) is 0. The Morgan fingerprint density at radius 3 is 2.34 bits per heavy atom. The lowest BCUT2D eigenvalue weighted by molar-refractivity contribution is -0.139. The third kappa shape index (κ3) is 9.85. The molecule has 5 heteroatoms. The second-order valence-corrected chi connectivity index (χ2v) is 13.2. The lowest BCUT2D eigenvalue weighted by atomic mass is 10.1.